The number of carbonyl (C=O) groups is 1. The highest BCUT2D eigenvalue weighted by molar-refractivity contribution is 6.35. The zero-order chi connectivity index (χ0) is 19.6. The fraction of sp³-hybridized carbons (Fsp3) is 0.350. The van der Waals surface area contributed by atoms with E-state index < -0.39 is 6.04 Å². The van der Waals surface area contributed by atoms with Crippen molar-refractivity contribution in [3.8, 4) is 0 Å². The zero-order valence-electron chi connectivity index (χ0n) is 15.4. The fourth-order valence-corrected chi connectivity index (χ4v) is 4.01. The lowest BCUT2D eigenvalue weighted by atomic mass is 9.84. The molecule has 0 radical (unpaired) electrons. The number of aliphatic hydroxyl groups is 2. The largest absolute Gasteiger partial charge is 0.394 e. The molecule has 1 aliphatic heterocycles. The SMILES string of the molecule is CN1Cc2c(Cl)cc(Cl)cc2C(c2cccc(C(=O)NC(CO)CO)c2)C1.Cl. The van der Waals surface area contributed by atoms with E-state index in [0.29, 0.717) is 15.6 Å². The van der Waals surface area contributed by atoms with Gasteiger partial charge in [-0.05, 0) is 48.0 Å². The first-order valence-corrected chi connectivity index (χ1v) is 9.47. The highest BCUT2D eigenvalue weighted by atomic mass is 35.5. The molecule has 0 bridgehead atoms. The summed E-state index contributed by atoms with van der Waals surface area (Å²) in [7, 11) is 2.03. The third-order valence-electron chi connectivity index (χ3n) is 4.82. The normalized spacial score (nSPS) is 16.4. The maximum absolute atomic E-state index is 12.4. The van der Waals surface area contributed by atoms with E-state index in [9.17, 15) is 4.79 Å². The Bertz CT molecular complexity index is 843. The molecule has 8 heteroatoms. The highest BCUT2D eigenvalue weighted by Gasteiger charge is 2.27. The van der Waals surface area contributed by atoms with Gasteiger partial charge in [0, 0.05) is 34.6 Å². The predicted octanol–water partition coefficient (Wildman–Crippen LogP) is 3.08. The number of nitrogens with zero attached hydrogens (tertiary/aromatic N) is 1. The number of halogens is 3. The lowest BCUT2D eigenvalue weighted by Crippen LogP contribution is -2.40. The number of likely N-dealkylation sites (N-methyl/N-ethyl adjacent to an activating group) is 1. The number of fused-ring (bicyclic) bond motifs is 1. The first-order valence-electron chi connectivity index (χ1n) is 8.71. The number of aliphatic hydroxyl groups excluding tert-OH is 2. The van der Waals surface area contributed by atoms with Crippen LogP contribution in [-0.4, -0.2) is 53.9 Å². The Labute approximate surface area is 180 Å². The molecule has 1 heterocycles. The van der Waals surface area contributed by atoms with Gasteiger partial charge in [-0.15, -0.1) is 12.4 Å². The summed E-state index contributed by atoms with van der Waals surface area (Å²) in [6.45, 7) is 0.890. The van der Waals surface area contributed by atoms with Crippen molar-refractivity contribution >= 4 is 41.5 Å². The summed E-state index contributed by atoms with van der Waals surface area (Å²) < 4.78 is 0. The maximum Gasteiger partial charge on any atom is 0.251 e. The third-order valence-corrected chi connectivity index (χ3v) is 5.38. The standard InChI is InChI=1S/C20H22Cl2N2O3.ClH/c1-24-8-17(16-6-14(21)7-19(22)18(16)9-24)12-3-2-4-13(5-12)20(27)23-15(10-25)11-26;/h2-7,15,17,25-26H,8-11H2,1H3,(H,23,27);1H. The summed E-state index contributed by atoms with van der Waals surface area (Å²) in [5.41, 5.74) is 3.59. The molecular formula is C20H23Cl3N2O3. The van der Waals surface area contributed by atoms with Gasteiger partial charge in [0.2, 0.25) is 0 Å². The maximum atomic E-state index is 12.4. The molecule has 2 aromatic carbocycles. The van der Waals surface area contributed by atoms with Gasteiger partial charge in [-0.25, -0.2) is 0 Å². The van der Waals surface area contributed by atoms with Crippen molar-refractivity contribution in [2.45, 2.75) is 18.5 Å². The molecule has 0 saturated carbocycles. The molecule has 2 aromatic rings. The number of hydrogen-bond donors (Lipinski definition) is 3. The average molecular weight is 446 g/mol. The molecule has 28 heavy (non-hydrogen) atoms. The minimum Gasteiger partial charge on any atom is -0.394 e. The average Bonchev–Trinajstić information content (AvgIpc) is 2.66. The van der Waals surface area contributed by atoms with Crippen molar-refractivity contribution in [2.24, 2.45) is 0 Å². The Morgan fingerprint density at radius 1 is 1.25 bits per heavy atom. The Morgan fingerprint density at radius 2 is 1.96 bits per heavy atom. The smallest absolute Gasteiger partial charge is 0.251 e. The van der Waals surface area contributed by atoms with Crippen molar-refractivity contribution in [3.63, 3.8) is 0 Å². The lowest BCUT2D eigenvalue weighted by molar-refractivity contribution is 0.0879. The van der Waals surface area contributed by atoms with Crippen LogP contribution in [0.25, 0.3) is 0 Å². The number of nitrogens with one attached hydrogen (secondary N) is 1. The second-order valence-electron chi connectivity index (χ2n) is 6.87. The highest BCUT2D eigenvalue weighted by Crippen LogP contribution is 2.38. The van der Waals surface area contributed by atoms with Crippen molar-refractivity contribution in [3.05, 3.63) is 68.7 Å². The van der Waals surface area contributed by atoms with Gasteiger partial charge < -0.3 is 20.4 Å². The van der Waals surface area contributed by atoms with E-state index in [4.69, 9.17) is 33.4 Å². The van der Waals surface area contributed by atoms with Gasteiger partial charge in [0.25, 0.3) is 5.91 Å². The predicted molar refractivity (Wildman–Crippen MR) is 114 cm³/mol. The number of benzene rings is 2. The van der Waals surface area contributed by atoms with E-state index >= 15 is 0 Å². The van der Waals surface area contributed by atoms with Crippen molar-refractivity contribution in [2.75, 3.05) is 26.8 Å². The molecule has 1 aliphatic rings. The van der Waals surface area contributed by atoms with Crippen molar-refractivity contribution in [1.82, 2.24) is 10.2 Å². The summed E-state index contributed by atoms with van der Waals surface area (Å²) in [6.07, 6.45) is 0. The topological polar surface area (TPSA) is 72.8 Å². The third kappa shape index (κ3) is 4.98. The van der Waals surface area contributed by atoms with Crippen LogP contribution >= 0.6 is 35.6 Å². The molecule has 3 N–H and O–H groups in total. The van der Waals surface area contributed by atoms with E-state index in [1.54, 1.807) is 12.1 Å². The van der Waals surface area contributed by atoms with Crippen LogP contribution in [0, 0.1) is 0 Å². The van der Waals surface area contributed by atoms with Crippen LogP contribution in [0.1, 0.15) is 33.0 Å². The molecule has 152 valence electrons. The van der Waals surface area contributed by atoms with Gasteiger partial charge in [0.15, 0.2) is 0 Å². The van der Waals surface area contributed by atoms with E-state index in [2.05, 4.69) is 10.2 Å². The fourth-order valence-electron chi connectivity index (χ4n) is 3.44. The van der Waals surface area contributed by atoms with Gasteiger partial charge in [-0.1, -0.05) is 35.3 Å². The Hall–Kier alpha value is -1.34. The van der Waals surface area contributed by atoms with E-state index in [1.807, 2.05) is 31.3 Å². The van der Waals surface area contributed by atoms with Crippen LogP contribution in [0.4, 0.5) is 0 Å². The summed E-state index contributed by atoms with van der Waals surface area (Å²) >= 11 is 12.6. The minimum atomic E-state index is -0.680. The first-order chi connectivity index (χ1) is 12.9. The summed E-state index contributed by atoms with van der Waals surface area (Å²) in [4.78, 5) is 14.6. The molecule has 0 aromatic heterocycles. The second-order valence-corrected chi connectivity index (χ2v) is 7.71. The van der Waals surface area contributed by atoms with Crippen LogP contribution < -0.4 is 5.32 Å². The van der Waals surface area contributed by atoms with Gasteiger partial charge >= 0.3 is 0 Å². The molecule has 0 spiro atoms. The van der Waals surface area contributed by atoms with E-state index in [0.717, 1.165) is 29.8 Å². The van der Waals surface area contributed by atoms with Crippen molar-refractivity contribution in [1.29, 1.82) is 0 Å². The molecule has 3 rings (SSSR count). The van der Waals surface area contributed by atoms with Crippen LogP contribution in [0.15, 0.2) is 36.4 Å². The molecule has 0 saturated heterocycles. The monoisotopic (exact) mass is 444 g/mol. The van der Waals surface area contributed by atoms with Crippen LogP contribution in [0.5, 0.6) is 0 Å². The quantitative estimate of drug-likeness (QED) is 0.661. The summed E-state index contributed by atoms with van der Waals surface area (Å²) in [5, 5.41) is 22.2. The molecule has 0 aliphatic carbocycles. The number of rotatable bonds is 5. The van der Waals surface area contributed by atoms with Crippen LogP contribution in [-0.2, 0) is 6.54 Å². The van der Waals surface area contributed by atoms with Gasteiger partial charge in [0.05, 0.1) is 19.3 Å². The minimum absolute atomic E-state index is 0. The van der Waals surface area contributed by atoms with Crippen molar-refractivity contribution < 1.29 is 15.0 Å². The van der Waals surface area contributed by atoms with Gasteiger partial charge in [-0.2, -0.15) is 0 Å². The molecule has 1 unspecified atom stereocenters. The molecule has 0 fully saturated rings. The van der Waals surface area contributed by atoms with Crippen LogP contribution in [0.2, 0.25) is 10.0 Å². The van der Waals surface area contributed by atoms with E-state index in [1.165, 1.54) is 0 Å². The number of amides is 1. The van der Waals surface area contributed by atoms with Gasteiger partial charge in [0.1, 0.15) is 0 Å². The molecule has 5 nitrogen and oxygen atoms in total. The number of carbonyl (C=O) groups excluding carboxylic acids is 1. The zero-order valence-corrected chi connectivity index (χ0v) is 17.7. The Kier molecular flexibility index (Phi) is 8.13. The summed E-state index contributed by atoms with van der Waals surface area (Å²) in [6, 6.07) is 10.4. The Morgan fingerprint density at radius 3 is 2.64 bits per heavy atom. The van der Waals surface area contributed by atoms with E-state index in [-0.39, 0.29) is 37.4 Å². The Balaban J connectivity index is 0.00000280. The summed E-state index contributed by atoms with van der Waals surface area (Å²) in [5.74, 6) is -0.298. The number of hydrogen-bond acceptors (Lipinski definition) is 4. The molecular weight excluding hydrogens is 423 g/mol. The molecule has 1 amide bonds. The van der Waals surface area contributed by atoms with Gasteiger partial charge in [-0.3, -0.25) is 4.79 Å². The van der Waals surface area contributed by atoms with Crippen LogP contribution in [0.3, 0.4) is 0 Å². The first kappa shape index (κ1) is 22.9. The lowest BCUT2D eigenvalue weighted by Gasteiger charge is -2.33. The second kappa shape index (κ2) is 9.92. The molecule has 1 atom stereocenters.